The lowest BCUT2D eigenvalue weighted by molar-refractivity contribution is 0.0279. The van der Waals surface area contributed by atoms with Crippen LogP contribution in [0.5, 0.6) is 0 Å². The van der Waals surface area contributed by atoms with E-state index in [0.717, 1.165) is 26.2 Å². The highest BCUT2D eigenvalue weighted by atomic mass is 31.2. The molecule has 1 fully saturated rings. The minimum Gasteiger partial charge on any atom is -0.312 e. The summed E-state index contributed by atoms with van der Waals surface area (Å²) < 4.78 is 16.2. The van der Waals surface area contributed by atoms with E-state index in [4.69, 9.17) is 13.6 Å². The Bertz CT molecular complexity index is 128. The Morgan fingerprint density at radius 2 is 1.92 bits per heavy atom. The minimum absolute atomic E-state index is 0.147. The van der Waals surface area contributed by atoms with Crippen LogP contribution >= 0.6 is 8.60 Å². The summed E-state index contributed by atoms with van der Waals surface area (Å²) in [4.78, 5) is 0. The molecule has 1 aliphatic rings. The van der Waals surface area contributed by atoms with Gasteiger partial charge in [-0.25, -0.2) is 0 Å². The second kappa shape index (κ2) is 4.52. The van der Waals surface area contributed by atoms with Gasteiger partial charge >= 0.3 is 8.60 Å². The Labute approximate surface area is 75.4 Å². The van der Waals surface area contributed by atoms with E-state index in [1.165, 1.54) is 0 Å². The van der Waals surface area contributed by atoms with Crippen molar-refractivity contribution in [3.63, 3.8) is 0 Å². The molecule has 1 heterocycles. The Balaban J connectivity index is 2.18. The Morgan fingerprint density at radius 3 is 2.42 bits per heavy atom. The maximum absolute atomic E-state index is 5.42. The van der Waals surface area contributed by atoms with Gasteiger partial charge in [-0.1, -0.05) is 20.8 Å². The second-order valence-electron chi connectivity index (χ2n) is 3.77. The molecular weight excluding hydrogens is 175 g/mol. The highest BCUT2D eigenvalue weighted by Crippen LogP contribution is 2.46. The molecule has 0 amide bonds. The van der Waals surface area contributed by atoms with Gasteiger partial charge in [0.05, 0.1) is 19.8 Å². The largest absolute Gasteiger partial charge is 0.332 e. The summed E-state index contributed by atoms with van der Waals surface area (Å²) in [6.45, 7) is 8.53. The van der Waals surface area contributed by atoms with E-state index in [9.17, 15) is 0 Å². The summed E-state index contributed by atoms with van der Waals surface area (Å²) in [5, 5.41) is 0. The van der Waals surface area contributed by atoms with Crippen molar-refractivity contribution in [2.24, 2.45) is 5.41 Å². The first-order chi connectivity index (χ1) is 5.64. The fourth-order valence-corrected chi connectivity index (χ4v) is 2.24. The van der Waals surface area contributed by atoms with E-state index in [1.807, 2.05) is 0 Å². The van der Waals surface area contributed by atoms with Gasteiger partial charge in [0.15, 0.2) is 0 Å². The lowest BCUT2D eigenvalue weighted by Crippen LogP contribution is -2.28. The molecule has 1 rings (SSSR count). The molecule has 0 unspecified atom stereocenters. The van der Waals surface area contributed by atoms with Crippen LogP contribution < -0.4 is 0 Å². The van der Waals surface area contributed by atoms with E-state index in [0.29, 0.717) is 0 Å². The summed E-state index contributed by atoms with van der Waals surface area (Å²) in [7, 11) is -1.04. The molecule has 0 saturated carbocycles. The first-order valence-corrected chi connectivity index (χ1v) is 5.42. The average Bonchev–Trinajstić information content (AvgIpc) is 2.03. The van der Waals surface area contributed by atoms with Crippen molar-refractivity contribution in [2.75, 3.05) is 19.8 Å². The topological polar surface area (TPSA) is 27.7 Å². The molecule has 12 heavy (non-hydrogen) atoms. The van der Waals surface area contributed by atoms with Crippen molar-refractivity contribution in [1.82, 2.24) is 0 Å². The molecule has 0 radical (unpaired) electrons. The van der Waals surface area contributed by atoms with Crippen molar-refractivity contribution >= 4 is 8.60 Å². The van der Waals surface area contributed by atoms with Gasteiger partial charge in [-0.3, -0.25) is 0 Å². The molecule has 1 saturated heterocycles. The Hall–Kier alpha value is 0.310. The fraction of sp³-hybridized carbons (Fsp3) is 1.00. The van der Waals surface area contributed by atoms with Gasteiger partial charge in [0.2, 0.25) is 0 Å². The van der Waals surface area contributed by atoms with Crippen LogP contribution in [-0.4, -0.2) is 19.8 Å². The number of hydrogen-bond acceptors (Lipinski definition) is 3. The van der Waals surface area contributed by atoms with Crippen molar-refractivity contribution in [2.45, 2.75) is 27.2 Å². The van der Waals surface area contributed by atoms with E-state index in [2.05, 4.69) is 20.8 Å². The first kappa shape index (κ1) is 10.4. The van der Waals surface area contributed by atoms with Gasteiger partial charge < -0.3 is 13.6 Å². The standard InChI is InChI=1S/C8H17O3P/c1-4-5-9-12-10-6-8(2,3)7-11-12/h4-7H2,1-3H3. The van der Waals surface area contributed by atoms with E-state index < -0.39 is 8.60 Å². The van der Waals surface area contributed by atoms with Gasteiger partial charge in [0.25, 0.3) is 0 Å². The maximum Gasteiger partial charge on any atom is 0.332 e. The van der Waals surface area contributed by atoms with Gasteiger partial charge in [-0.2, -0.15) is 0 Å². The Morgan fingerprint density at radius 1 is 1.33 bits per heavy atom. The van der Waals surface area contributed by atoms with Gasteiger partial charge in [0.1, 0.15) is 0 Å². The predicted octanol–water partition coefficient (Wildman–Crippen LogP) is 2.71. The molecule has 0 aromatic carbocycles. The zero-order valence-electron chi connectivity index (χ0n) is 8.00. The van der Waals surface area contributed by atoms with Gasteiger partial charge in [-0.15, -0.1) is 0 Å². The van der Waals surface area contributed by atoms with Crippen LogP contribution in [0.2, 0.25) is 0 Å². The molecule has 0 atom stereocenters. The normalized spacial score (nSPS) is 24.2. The van der Waals surface area contributed by atoms with Crippen LogP contribution in [0.15, 0.2) is 0 Å². The fourth-order valence-electron chi connectivity index (χ4n) is 0.774. The molecule has 72 valence electrons. The molecular formula is C8H17O3P. The number of rotatable bonds is 3. The lowest BCUT2D eigenvalue weighted by atomic mass is 9.97. The van der Waals surface area contributed by atoms with Gasteiger partial charge in [-0.05, 0) is 6.42 Å². The molecule has 4 heteroatoms. The summed E-state index contributed by atoms with van der Waals surface area (Å²) >= 11 is 0. The third kappa shape index (κ3) is 3.36. The summed E-state index contributed by atoms with van der Waals surface area (Å²) in [5.74, 6) is 0. The molecule has 0 aromatic heterocycles. The van der Waals surface area contributed by atoms with E-state index in [1.54, 1.807) is 0 Å². The maximum atomic E-state index is 5.42. The summed E-state index contributed by atoms with van der Waals surface area (Å²) in [6.07, 6.45) is 1.01. The second-order valence-corrected chi connectivity index (χ2v) is 4.99. The van der Waals surface area contributed by atoms with Crippen LogP contribution in [0.25, 0.3) is 0 Å². The van der Waals surface area contributed by atoms with E-state index >= 15 is 0 Å². The average molecular weight is 192 g/mol. The van der Waals surface area contributed by atoms with Crippen molar-refractivity contribution in [1.29, 1.82) is 0 Å². The van der Waals surface area contributed by atoms with Crippen LogP contribution in [0, 0.1) is 5.41 Å². The lowest BCUT2D eigenvalue weighted by Gasteiger charge is -2.32. The van der Waals surface area contributed by atoms with Crippen LogP contribution in [0.4, 0.5) is 0 Å². The zero-order chi connectivity index (χ0) is 9.03. The predicted molar refractivity (Wildman–Crippen MR) is 48.8 cm³/mol. The van der Waals surface area contributed by atoms with Crippen molar-refractivity contribution in [3.8, 4) is 0 Å². The van der Waals surface area contributed by atoms with Gasteiger partial charge in [0, 0.05) is 5.41 Å². The van der Waals surface area contributed by atoms with Crippen LogP contribution in [-0.2, 0) is 13.6 Å². The van der Waals surface area contributed by atoms with Crippen LogP contribution in [0.1, 0.15) is 27.2 Å². The smallest absolute Gasteiger partial charge is 0.312 e. The Kier molecular flexibility index (Phi) is 3.91. The summed E-state index contributed by atoms with van der Waals surface area (Å²) in [6, 6.07) is 0. The highest BCUT2D eigenvalue weighted by molar-refractivity contribution is 7.41. The first-order valence-electron chi connectivity index (χ1n) is 4.33. The summed E-state index contributed by atoms with van der Waals surface area (Å²) in [5.41, 5.74) is 0.147. The van der Waals surface area contributed by atoms with Crippen LogP contribution in [0.3, 0.4) is 0 Å². The molecule has 1 aliphatic heterocycles. The van der Waals surface area contributed by atoms with Crippen molar-refractivity contribution < 1.29 is 13.6 Å². The molecule has 0 spiro atoms. The zero-order valence-corrected chi connectivity index (χ0v) is 8.89. The monoisotopic (exact) mass is 192 g/mol. The van der Waals surface area contributed by atoms with E-state index in [-0.39, 0.29) is 5.41 Å². The molecule has 0 N–H and O–H groups in total. The number of hydrogen-bond donors (Lipinski definition) is 0. The molecule has 0 aliphatic carbocycles. The van der Waals surface area contributed by atoms with Crippen molar-refractivity contribution in [3.05, 3.63) is 0 Å². The minimum atomic E-state index is -1.04. The quantitative estimate of drug-likeness (QED) is 0.643. The third-order valence-corrected chi connectivity index (χ3v) is 2.60. The molecule has 0 bridgehead atoms. The molecule has 0 aromatic rings. The third-order valence-electron chi connectivity index (χ3n) is 1.52. The SMILES string of the molecule is CCCOP1OCC(C)(C)CO1. The molecule has 3 nitrogen and oxygen atoms in total. The highest BCUT2D eigenvalue weighted by Gasteiger charge is 2.29.